The standard InChI is InChI=1S/C11H16N4OS2/c1-7-2-8-3-18-10(12)15-11(8,5-16-7)14-9-4-17-6-13-9/h4,6-8,14H,2-3,5H2,1H3,(H2,12,15). The van der Waals surface area contributed by atoms with E-state index in [0.29, 0.717) is 17.7 Å². The van der Waals surface area contributed by atoms with Crippen LogP contribution in [0.4, 0.5) is 5.82 Å². The lowest BCUT2D eigenvalue weighted by Gasteiger charge is -2.45. The summed E-state index contributed by atoms with van der Waals surface area (Å²) in [6, 6.07) is 0. The first-order valence-electron chi connectivity index (χ1n) is 5.94. The summed E-state index contributed by atoms with van der Waals surface area (Å²) in [5.74, 6) is 2.27. The number of thiazole rings is 1. The van der Waals surface area contributed by atoms with Crippen molar-refractivity contribution in [1.29, 1.82) is 0 Å². The van der Waals surface area contributed by atoms with Gasteiger partial charge in [0, 0.05) is 17.1 Å². The van der Waals surface area contributed by atoms with Crippen LogP contribution < -0.4 is 11.1 Å². The van der Waals surface area contributed by atoms with Crippen molar-refractivity contribution in [3.05, 3.63) is 10.9 Å². The molecule has 2 aliphatic rings. The molecule has 0 amide bonds. The molecule has 1 aromatic heterocycles. The van der Waals surface area contributed by atoms with Crippen molar-refractivity contribution in [2.75, 3.05) is 17.7 Å². The van der Waals surface area contributed by atoms with Crippen molar-refractivity contribution >= 4 is 34.1 Å². The smallest absolute Gasteiger partial charge is 0.160 e. The Morgan fingerprint density at radius 2 is 2.50 bits per heavy atom. The van der Waals surface area contributed by atoms with E-state index in [-0.39, 0.29) is 6.10 Å². The summed E-state index contributed by atoms with van der Waals surface area (Å²) >= 11 is 3.20. The molecule has 0 radical (unpaired) electrons. The van der Waals surface area contributed by atoms with Gasteiger partial charge in [-0.15, -0.1) is 11.3 Å². The molecule has 0 saturated carbocycles. The van der Waals surface area contributed by atoms with E-state index >= 15 is 0 Å². The lowest BCUT2D eigenvalue weighted by Crippen LogP contribution is -2.56. The molecule has 3 unspecified atom stereocenters. The van der Waals surface area contributed by atoms with E-state index < -0.39 is 5.66 Å². The number of nitrogens with one attached hydrogen (secondary N) is 1. The average molecular weight is 284 g/mol. The summed E-state index contributed by atoms with van der Waals surface area (Å²) in [5.41, 5.74) is 7.27. The van der Waals surface area contributed by atoms with Crippen LogP contribution in [0.2, 0.25) is 0 Å². The Bertz CT molecular complexity index is 450. The highest BCUT2D eigenvalue weighted by atomic mass is 32.2. The second-order valence-corrected chi connectivity index (χ2v) is 6.50. The van der Waals surface area contributed by atoms with E-state index in [9.17, 15) is 0 Å². The minimum Gasteiger partial charge on any atom is -0.378 e. The predicted molar refractivity (Wildman–Crippen MR) is 76.1 cm³/mol. The van der Waals surface area contributed by atoms with Gasteiger partial charge in [0.1, 0.15) is 5.82 Å². The summed E-state index contributed by atoms with van der Waals surface area (Å²) < 4.78 is 5.79. The molecule has 7 heteroatoms. The van der Waals surface area contributed by atoms with Gasteiger partial charge in [0.25, 0.3) is 0 Å². The number of rotatable bonds is 2. The van der Waals surface area contributed by atoms with Crippen LogP contribution >= 0.6 is 23.1 Å². The number of fused-ring (bicyclic) bond motifs is 1. The molecule has 18 heavy (non-hydrogen) atoms. The predicted octanol–water partition coefficient (Wildman–Crippen LogP) is 1.74. The van der Waals surface area contributed by atoms with Crippen molar-refractivity contribution in [2.24, 2.45) is 16.6 Å². The van der Waals surface area contributed by atoms with Crippen LogP contribution in [0.25, 0.3) is 0 Å². The van der Waals surface area contributed by atoms with Gasteiger partial charge in [-0.25, -0.2) is 9.98 Å². The highest BCUT2D eigenvalue weighted by Gasteiger charge is 2.46. The molecule has 3 atom stereocenters. The van der Waals surface area contributed by atoms with E-state index in [0.717, 1.165) is 18.0 Å². The van der Waals surface area contributed by atoms with E-state index in [1.54, 1.807) is 23.1 Å². The largest absolute Gasteiger partial charge is 0.378 e. The highest BCUT2D eigenvalue weighted by Crippen LogP contribution is 2.39. The zero-order valence-corrected chi connectivity index (χ0v) is 11.8. The van der Waals surface area contributed by atoms with Gasteiger partial charge in [0.15, 0.2) is 10.8 Å². The minimum atomic E-state index is -0.435. The number of hydrogen-bond donors (Lipinski definition) is 2. The summed E-state index contributed by atoms with van der Waals surface area (Å²) in [5, 5.41) is 6.04. The molecule has 0 aliphatic carbocycles. The Labute approximate surface area is 114 Å². The number of amidine groups is 1. The van der Waals surface area contributed by atoms with Crippen LogP contribution in [0.3, 0.4) is 0 Å². The Morgan fingerprint density at radius 1 is 1.61 bits per heavy atom. The number of nitrogens with zero attached hydrogens (tertiary/aromatic N) is 2. The second kappa shape index (κ2) is 4.71. The zero-order chi connectivity index (χ0) is 12.6. The van der Waals surface area contributed by atoms with Crippen LogP contribution in [0.5, 0.6) is 0 Å². The Morgan fingerprint density at radius 3 is 3.28 bits per heavy atom. The van der Waals surface area contributed by atoms with E-state index in [4.69, 9.17) is 10.5 Å². The van der Waals surface area contributed by atoms with Crippen LogP contribution in [0.15, 0.2) is 15.9 Å². The van der Waals surface area contributed by atoms with Crippen LogP contribution in [0.1, 0.15) is 13.3 Å². The van der Waals surface area contributed by atoms with Crippen molar-refractivity contribution < 1.29 is 4.74 Å². The molecule has 0 bridgehead atoms. The van der Waals surface area contributed by atoms with Gasteiger partial charge in [-0.2, -0.15) is 0 Å². The Kier molecular flexibility index (Phi) is 3.21. The maximum absolute atomic E-state index is 5.89. The van der Waals surface area contributed by atoms with Gasteiger partial charge >= 0.3 is 0 Å². The molecule has 1 saturated heterocycles. The van der Waals surface area contributed by atoms with E-state index in [1.165, 1.54) is 0 Å². The number of anilines is 1. The molecule has 0 aromatic carbocycles. The fourth-order valence-electron chi connectivity index (χ4n) is 2.46. The van der Waals surface area contributed by atoms with Gasteiger partial charge in [-0.3, -0.25) is 0 Å². The van der Waals surface area contributed by atoms with Crippen LogP contribution in [-0.4, -0.2) is 34.3 Å². The molecular formula is C11H16N4OS2. The first-order chi connectivity index (χ1) is 8.68. The molecule has 1 aromatic rings. The summed E-state index contributed by atoms with van der Waals surface area (Å²) in [6.45, 7) is 2.66. The number of hydrogen-bond acceptors (Lipinski definition) is 7. The molecule has 98 valence electrons. The van der Waals surface area contributed by atoms with E-state index in [1.807, 2.05) is 10.9 Å². The molecule has 1 fully saturated rings. The maximum atomic E-state index is 5.89. The number of thioether (sulfide) groups is 1. The third-order valence-electron chi connectivity index (χ3n) is 3.40. The average Bonchev–Trinajstić information content (AvgIpc) is 2.83. The Hall–Kier alpha value is -0.790. The number of aliphatic imine (C=N–C) groups is 1. The molecule has 0 spiro atoms. The highest BCUT2D eigenvalue weighted by molar-refractivity contribution is 8.13. The number of nitrogens with two attached hydrogens (primary N) is 1. The fourth-order valence-corrected chi connectivity index (χ4v) is 3.95. The van der Waals surface area contributed by atoms with Crippen molar-refractivity contribution in [2.45, 2.75) is 25.1 Å². The SMILES string of the molecule is CC1CC2CSC(N)=NC2(Nc2cscn2)CO1. The van der Waals surface area contributed by atoms with Gasteiger partial charge in [-0.05, 0) is 13.3 Å². The maximum Gasteiger partial charge on any atom is 0.160 e. The number of ether oxygens (including phenoxy) is 1. The van der Waals surface area contributed by atoms with Gasteiger partial charge < -0.3 is 15.8 Å². The third-order valence-corrected chi connectivity index (χ3v) is 4.94. The topological polar surface area (TPSA) is 72.5 Å². The fraction of sp³-hybridized carbons (Fsp3) is 0.636. The molecule has 3 N–H and O–H groups in total. The quantitative estimate of drug-likeness (QED) is 0.865. The summed E-state index contributed by atoms with van der Waals surface area (Å²) in [7, 11) is 0. The van der Waals surface area contributed by atoms with Gasteiger partial charge in [0.2, 0.25) is 0 Å². The molecule has 3 rings (SSSR count). The first kappa shape index (κ1) is 12.3. The summed E-state index contributed by atoms with van der Waals surface area (Å²) in [4.78, 5) is 8.91. The van der Waals surface area contributed by atoms with Crippen molar-refractivity contribution in [3.8, 4) is 0 Å². The lowest BCUT2D eigenvalue weighted by atomic mass is 9.87. The third kappa shape index (κ3) is 2.22. The van der Waals surface area contributed by atoms with Crippen LogP contribution in [-0.2, 0) is 4.74 Å². The van der Waals surface area contributed by atoms with Gasteiger partial charge in [-0.1, -0.05) is 11.8 Å². The second-order valence-electron chi connectivity index (χ2n) is 4.74. The van der Waals surface area contributed by atoms with E-state index in [2.05, 4.69) is 22.2 Å². The van der Waals surface area contributed by atoms with Crippen molar-refractivity contribution in [1.82, 2.24) is 4.98 Å². The normalized spacial score (nSPS) is 35.7. The minimum absolute atomic E-state index is 0.287. The summed E-state index contributed by atoms with van der Waals surface area (Å²) in [6.07, 6.45) is 1.29. The van der Waals surface area contributed by atoms with Crippen molar-refractivity contribution in [3.63, 3.8) is 0 Å². The zero-order valence-electron chi connectivity index (χ0n) is 10.1. The molecule has 5 nitrogen and oxygen atoms in total. The van der Waals surface area contributed by atoms with Crippen LogP contribution in [0, 0.1) is 5.92 Å². The monoisotopic (exact) mass is 284 g/mol. The number of aromatic nitrogens is 1. The first-order valence-corrected chi connectivity index (χ1v) is 7.87. The lowest BCUT2D eigenvalue weighted by molar-refractivity contribution is -0.0347. The molecule has 2 aliphatic heterocycles. The van der Waals surface area contributed by atoms with Gasteiger partial charge in [0.05, 0.1) is 18.2 Å². The molecular weight excluding hydrogens is 268 g/mol. The Balaban J connectivity index is 1.90. The molecule has 3 heterocycles.